The molecule has 0 spiro atoms. The molecule has 4 heteroatoms. The van der Waals surface area contributed by atoms with Crippen LogP contribution in [0.3, 0.4) is 0 Å². The van der Waals surface area contributed by atoms with E-state index in [0.717, 1.165) is 11.1 Å². The average molecular weight is 253 g/mol. The molecule has 1 heterocycles. The molecule has 1 aromatic carbocycles. The molecule has 82 valence electrons. The molecule has 0 bridgehead atoms. The summed E-state index contributed by atoms with van der Waals surface area (Å²) in [5.41, 5.74) is 8.94. The van der Waals surface area contributed by atoms with Crippen molar-refractivity contribution in [3.8, 4) is 11.3 Å². The first-order valence-electron chi connectivity index (χ1n) is 4.75. The monoisotopic (exact) mass is 252 g/mol. The minimum absolute atomic E-state index is 0.590. The molecule has 0 radical (unpaired) electrons. The van der Waals surface area contributed by atoms with E-state index in [-0.39, 0.29) is 0 Å². The first-order valence-corrected chi connectivity index (χ1v) is 5.51. The van der Waals surface area contributed by atoms with Gasteiger partial charge in [0.25, 0.3) is 0 Å². The molecule has 0 unspecified atom stereocenters. The number of anilines is 1. The van der Waals surface area contributed by atoms with Crippen molar-refractivity contribution in [2.24, 2.45) is 0 Å². The Bertz CT molecular complexity index is 539. The van der Waals surface area contributed by atoms with Gasteiger partial charge in [-0.2, -0.15) is 0 Å². The van der Waals surface area contributed by atoms with E-state index in [1.165, 1.54) is 0 Å². The number of halogens is 2. The van der Waals surface area contributed by atoms with Crippen molar-refractivity contribution >= 4 is 28.9 Å². The van der Waals surface area contributed by atoms with Crippen LogP contribution in [0.5, 0.6) is 0 Å². The van der Waals surface area contributed by atoms with Gasteiger partial charge in [0, 0.05) is 16.8 Å². The number of hydrogen-bond donors (Lipinski definition) is 1. The maximum Gasteiger partial charge on any atom is 0.0946 e. The largest absolute Gasteiger partial charge is 0.397 e. The van der Waals surface area contributed by atoms with E-state index in [4.69, 9.17) is 28.9 Å². The summed E-state index contributed by atoms with van der Waals surface area (Å²) in [6, 6.07) is 7.09. The minimum atomic E-state index is 0.590. The van der Waals surface area contributed by atoms with E-state index in [9.17, 15) is 0 Å². The Morgan fingerprint density at radius 1 is 1.19 bits per heavy atom. The van der Waals surface area contributed by atoms with E-state index in [2.05, 4.69) is 4.98 Å². The lowest BCUT2D eigenvalue weighted by molar-refractivity contribution is 1.27. The Labute approximate surface area is 104 Å². The summed E-state index contributed by atoms with van der Waals surface area (Å²) >= 11 is 12.0. The molecule has 0 saturated carbocycles. The van der Waals surface area contributed by atoms with Crippen LogP contribution >= 0.6 is 23.2 Å². The van der Waals surface area contributed by atoms with Crippen LogP contribution in [-0.4, -0.2) is 4.98 Å². The van der Waals surface area contributed by atoms with Gasteiger partial charge in [0.15, 0.2) is 0 Å². The van der Waals surface area contributed by atoms with Crippen LogP contribution in [0.2, 0.25) is 10.0 Å². The zero-order valence-corrected chi connectivity index (χ0v) is 10.2. The fourth-order valence-electron chi connectivity index (χ4n) is 1.50. The number of nitrogens with zero attached hydrogens (tertiary/aromatic N) is 1. The lowest BCUT2D eigenvalue weighted by Gasteiger charge is -2.08. The number of nitrogens with two attached hydrogens (primary N) is 1. The van der Waals surface area contributed by atoms with E-state index in [0.29, 0.717) is 21.4 Å². The van der Waals surface area contributed by atoms with Gasteiger partial charge in [0.1, 0.15) is 0 Å². The summed E-state index contributed by atoms with van der Waals surface area (Å²) in [4.78, 5) is 4.28. The smallest absolute Gasteiger partial charge is 0.0946 e. The van der Waals surface area contributed by atoms with Gasteiger partial charge in [-0.1, -0.05) is 23.2 Å². The van der Waals surface area contributed by atoms with Gasteiger partial charge in [0.05, 0.1) is 16.4 Å². The molecular weight excluding hydrogens is 243 g/mol. The number of hydrogen-bond acceptors (Lipinski definition) is 2. The van der Waals surface area contributed by atoms with E-state index in [1.807, 2.05) is 13.0 Å². The number of benzene rings is 1. The average Bonchev–Trinajstić information content (AvgIpc) is 2.22. The Morgan fingerprint density at radius 2 is 1.94 bits per heavy atom. The Balaban J connectivity index is 2.62. The van der Waals surface area contributed by atoms with Gasteiger partial charge < -0.3 is 5.73 Å². The second kappa shape index (κ2) is 4.32. The third-order valence-electron chi connectivity index (χ3n) is 2.24. The molecule has 2 N–H and O–H groups in total. The van der Waals surface area contributed by atoms with Crippen LogP contribution in [0.15, 0.2) is 30.5 Å². The Morgan fingerprint density at radius 3 is 2.62 bits per heavy atom. The van der Waals surface area contributed by atoms with Crippen molar-refractivity contribution < 1.29 is 0 Å². The topological polar surface area (TPSA) is 38.9 Å². The minimum Gasteiger partial charge on any atom is -0.397 e. The molecule has 16 heavy (non-hydrogen) atoms. The third kappa shape index (κ3) is 2.13. The van der Waals surface area contributed by atoms with Gasteiger partial charge in [-0.15, -0.1) is 0 Å². The van der Waals surface area contributed by atoms with Crippen LogP contribution in [-0.2, 0) is 0 Å². The van der Waals surface area contributed by atoms with Crippen molar-refractivity contribution in [2.45, 2.75) is 6.92 Å². The Hall–Kier alpha value is -1.25. The highest BCUT2D eigenvalue weighted by Gasteiger charge is 2.09. The van der Waals surface area contributed by atoms with E-state index in [1.54, 1.807) is 24.4 Å². The third-order valence-corrected chi connectivity index (χ3v) is 2.80. The lowest BCUT2D eigenvalue weighted by Crippen LogP contribution is -1.94. The van der Waals surface area contributed by atoms with Crippen LogP contribution in [0.4, 0.5) is 5.69 Å². The molecule has 0 aliphatic heterocycles. The predicted octanol–water partition coefficient (Wildman–Crippen LogP) is 3.95. The zero-order chi connectivity index (χ0) is 11.7. The molecule has 0 aliphatic rings. The highest BCUT2D eigenvalue weighted by atomic mass is 35.5. The van der Waals surface area contributed by atoms with Crippen molar-refractivity contribution in [3.05, 3.63) is 46.1 Å². The summed E-state index contributed by atoms with van der Waals surface area (Å²) in [5.74, 6) is 0. The van der Waals surface area contributed by atoms with Crippen molar-refractivity contribution in [1.29, 1.82) is 0 Å². The van der Waals surface area contributed by atoms with E-state index < -0.39 is 0 Å². The van der Waals surface area contributed by atoms with E-state index >= 15 is 0 Å². The molecular formula is C12H10Cl2N2. The molecule has 0 amide bonds. The fraction of sp³-hybridized carbons (Fsp3) is 0.0833. The molecule has 2 rings (SSSR count). The summed E-state index contributed by atoms with van der Waals surface area (Å²) in [6.07, 6.45) is 1.75. The van der Waals surface area contributed by atoms with Crippen LogP contribution in [0, 0.1) is 6.92 Å². The highest BCUT2D eigenvalue weighted by Crippen LogP contribution is 2.32. The number of aryl methyl sites for hydroxylation is 1. The lowest BCUT2D eigenvalue weighted by atomic mass is 10.1. The summed E-state index contributed by atoms with van der Waals surface area (Å²) in [7, 11) is 0. The van der Waals surface area contributed by atoms with Crippen molar-refractivity contribution in [2.75, 3.05) is 5.73 Å². The van der Waals surface area contributed by atoms with Gasteiger partial charge >= 0.3 is 0 Å². The number of nitrogen functional groups attached to an aromatic ring is 1. The van der Waals surface area contributed by atoms with Crippen LogP contribution in [0.25, 0.3) is 11.3 Å². The molecule has 0 atom stereocenters. The fourth-order valence-corrected chi connectivity index (χ4v) is 1.87. The highest BCUT2D eigenvalue weighted by molar-refractivity contribution is 6.35. The van der Waals surface area contributed by atoms with Crippen molar-refractivity contribution in [3.63, 3.8) is 0 Å². The Kier molecular flexibility index (Phi) is 3.03. The van der Waals surface area contributed by atoms with Crippen LogP contribution < -0.4 is 5.73 Å². The van der Waals surface area contributed by atoms with Gasteiger partial charge in [-0.05, 0) is 36.8 Å². The predicted molar refractivity (Wildman–Crippen MR) is 68.8 cm³/mol. The van der Waals surface area contributed by atoms with Gasteiger partial charge in [-0.3, -0.25) is 4.98 Å². The van der Waals surface area contributed by atoms with Gasteiger partial charge in [-0.25, -0.2) is 0 Å². The second-order valence-electron chi connectivity index (χ2n) is 3.57. The summed E-state index contributed by atoms with van der Waals surface area (Å²) in [6.45, 7) is 1.94. The maximum absolute atomic E-state index is 6.09. The second-order valence-corrected chi connectivity index (χ2v) is 4.42. The maximum atomic E-state index is 6.09. The SMILES string of the molecule is Cc1cnc(-c2cc(Cl)ccc2Cl)c(N)c1. The molecule has 1 aromatic heterocycles. The van der Waals surface area contributed by atoms with Crippen LogP contribution in [0.1, 0.15) is 5.56 Å². The van der Waals surface area contributed by atoms with Crippen molar-refractivity contribution in [1.82, 2.24) is 4.98 Å². The number of pyridine rings is 1. The molecule has 0 saturated heterocycles. The van der Waals surface area contributed by atoms with Gasteiger partial charge in [0.2, 0.25) is 0 Å². The first kappa shape index (κ1) is 11.2. The number of aromatic nitrogens is 1. The normalized spacial score (nSPS) is 10.4. The zero-order valence-electron chi connectivity index (χ0n) is 8.67. The molecule has 0 fully saturated rings. The first-order chi connectivity index (χ1) is 7.58. The molecule has 2 nitrogen and oxygen atoms in total. The summed E-state index contributed by atoms with van der Waals surface area (Å²) < 4.78 is 0. The quantitative estimate of drug-likeness (QED) is 0.835. The molecule has 2 aromatic rings. The standard InChI is InChI=1S/C12H10Cl2N2/c1-7-4-11(15)12(16-6-7)9-5-8(13)2-3-10(9)14/h2-6H,15H2,1H3. The number of rotatable bonds is 1. The summed E-state index contributed by atoms with van der Waals surface area (Å²) in [5, 5.41) is 1.20. The molecule has 0 aliphatic carbocycles.